The summed E-state index contributed by atoms with van der Waals surface area (Å²) in [6.07, 6.45) is 3.42. The number of hydrogen-bond acceptors (Lipinski definition) is 6. The first-order valence-electron chi connectivity index (χ1n) is 8.93. The van der Waals surface area contributed by atoms with Gasteiger partial charge >= 0.3 is 5.97 Å². The molecule has 0 unspecified atom stereocenters. The minimum Gasteiger partial charge on any atom is -0.461 e. The van der Waals surface area contributed by atoms with Crippen LogP contribution in [0.5, 0.6) is 0 Å². The minimum atomic E-state index is -0.584. The summed E-state index contributed by atoms with van der Waals surface area (Å²) >= 11 is 0. The number of carbonyl (C=O) groups is 2. The fourth-order valence-electron chi connectivity index (χ4n) is 3.75. The zero-order valence-corrected chi connectivity index (χ0v) is 15.2. The van der Waals surface area contributed by atoms with Crippen molar-refractivity contribution in [3.63, 3.8) is 0 Å². The summed E-state index contributed by atoms with van der Waals surface area (Å²) in [4.78, 5) is 30.2. The van der Waals surface area contributed by atoms with Gasteiger partial charge < -0.3 is 10.1 Å². The Balaban J connectivity index is 1.84. The zero-order valence-electron chi connectivity index (χ0n) is 15.2. The number of hydrogen-bond donors (Lipinski definition) is 1. The molecule has 0 saturated carbocycles. The Morgan fingerprint density at radius 2 is 2.04 bits per heavy atom. The van der Waals surface area contributed by atoms with E-state index in [9.17, 15) is 9.59 Å². The summed E-state index contributed by atoms with van der Waals surface area (Å²) in [5.41, 5.74) is 4.41. The van der Waals surface area contributed by atoms with Crippen molar-refractivity contribution < 1.29 is 14.3 Å². The molecule has 1 aliphatic carbocycles. The van der Waals surface area contributed by atoms with Crippen LogP contribution in [0.2, 0.25) is 0 Å². The van der Waals surface area contributed by atoms with E-state index in [0.29, 0.717) is 22.4 Å². The second kappa shape index (κ2) is 7.12. The van der Waals surface area contributed by atoms with Gasteiger partial charge in [-0.2, -0.15) is 5.26 Å². The number of nitriles is 1. The number of fused-ring (bicyclic) bond motifs is 2. The molecule has 2 heterocycles. The number of carbonyl (C=O) groups excluding carboxylic acids is 2. The van der Waals surface area contributed by atoms with Crippen LogP contribution in [0.1, 0.15) is 40.7 Å². The topological polar surface area (TPSA) is 92.1 Å². The molecule has 1 atom stereocenters. The van der Waals surface area contributed by atoms with Crippen LogP contribution in [-0.2, 0) is 9.53 Å². The van der Waals surface area contributed by atoms with Gasteiger partial charge in [-0.05, 0) is 18.6 Å². The summed E-state index contributed by atoms with van der Waals surface area (Å²) in [5, 5.41) is 11.9. The van der Waals surface area contributed by atoms with Crippen LogP contribution in [-0.4, -0.2) is 23.3 Å². The highest BCUT2D eigenvalue weighted by Gasteiger charge is 2.42. The van der Waals surface area contributed by atoms with E-state index < -0.39 is 11.9 Å². The summed E-state index contributed by atoms with van der Waals surface area (Å²) in [6.45, 7) is 1.80. The van der Waals surface area contributed by atoms with Crippen LogP contribution in [0.3, 0.4) is 0 Å². The lowest BCUT2D eigenvalue weighted by Gasteiger charge is -2.29. The molecule has 1 aromatic heterocycles. The maximum Gasteiger partial charge on any atom is 0.336 e. The number of pyridine rings is 1. The van der Waals surface area contributed by atoms with Crippen molar-refractivity contribution in [2.24, 2.45) is 0 Å². The summed E-state index contributed by atoms with van der Waals surface area (Å²) in [7, 11) is 0. The Bertz CT molecular complexity index is 1080. The molecule has 138 valence electrons. The van der Waals surface area contributed by atoms with Gasteiger partial charge in [0.05, 0.1) is 29.7 Å². The number of ether oxygens (including phenoxy) is 1. The molecule has 28 heavy (non-hydrogen) atoms. The fourth-order valence-corrected chi connectivity index (χ4v) is 3.75. The first-order valence-corrected chi connectivity index (χ1v) is 8.93. The quantitative estimate of drug-likeness (QED) is 0.656. The van der Waals surface area contributed by atoms with E-state index in [2.05, 4.69) is 10.3 Å². The van der Waals surface area contributed by atoms with Gasteiger partial charge in [0.1, 0.15) is 6.61 Å². The molecule has 0 fully saturated rings. The molecule has 0 saturated heterocycles. The lowest BCUT2D eigenvalue weighted by molar-refractivity contribution is -0.139. The van der Waals surface area contributed by atoms with Crippen molar-refractivity contribution in [3.8, 4) is 6.07 Å². The molecule has 2 aromatic rings. The number of dihydropyridines is 1. The molecule has 1 aromatic carbocycles. The number of ketones is 1. The average Bonchev–Trinajstić information content (AvgIpc) is 3.00. The van der Waals surface area contributed by atoms with E-state index in [1.807, 2.05) is 30.3 Å². The Morgan fingerprint density at radius 3 is 2.75 bits per heavy atom. The maximum absolute atomic E-state index is 13.2. The molecule has 0 bridgehead atoms. The molecule has 6 nitrogen and oxygen atoms in total. The summed E-state index contributed by atoms with van der Waals surface area (Å²) < 4.78 is 5.29. The van der Waals surface area contributed by atoms with E-state index in [-0.39, 0.29) is 18.8 Å². The average molecular weight is 371 g/mol. The van der Waals surface area contributed by atoms with Gasteiger partial charge in [-0.1, -0.05) is 30.3 Å². The lowest BCUT2D eigenvalue weighted by Crippen LogP contribution is -2.29. The van der Waals surface area contributed by atoms with Gasteiger partial charge in [-0.15, -0.1) is 0 Å². The number of nitrogens with zero attached hydrogens (tertiary/aromatic N) is 2. The minimum absolute atomic E-state index is 0.00590. The molecule has 4 rings (SSSR count). The van der Waals surface area contributed by atoms with Crippen molar-refractivity contribution >= 4 is 17.4 Å². The summed E-state index contributed by atoms with van der Waals surface area (Å²) in [6, 6.07) is 13.0. The second-order valence-electron chi connectivity index (χ2n) is 6.59. The maximum atomic E-state index is 13.2. The Labute approximate surface area is 162 Å². The highest BCUT2D eigenvalue weighted by atomic mass is 16.5. The molecule has 2 aliphatic rings. The molecule has 1 N–H and O–H groups in total. The highest BCUT2D eigenvalue weighted by Crippen LogP contribution is 2.46. The third-order valence-corrected chi connectivity index (χ3v) is 4.93. The van der Waals surface area contributed by atoms with E-state index in [1.165, 1.54) is 0 Å². The first kappa shape index (κ1) is 17.7. The van der Waals surface area contributed by atoms with Crippen LogP contribution in [0, 0.1) is 11.3 Å². The van der Waals surface area contributed by atoms with Crippen LogP contribution in [0.15, 0.2) is 65.6 Å². The van der Waals surface area contributed by atoms with Gasteiger partial charge in [-0.3, -0.25) is 9.78 Å². The standard InChI is InChI=1S/C22H17N3O3/c1-13-17(22(27)28-11-5-9-23)18(14-6-4-10-24-12-14)19-20(25-13)15-7-2-3-8-16(15)21(19)26/h2-4,6-8,10,12,18,25H,5,11H2,1H3/t18-/m0/s1. The first-order chi connectivity index (χ1) is 13.6. The molecular formula is C22H17N3O3. The monoisotopic (exact) mass is 371 g/mol. The number of Topliss-reactive ketones (excluding diaryl/α,β-unsaturated/α-hetero) is 1. The Kier molecular flexibility index (Phi) is 4.50. The zero-order chi connectivity index (χ0) is 19.7. The second-order valence-corrected chi connectivity index (χ2v) is 6.59. The van der Waals surface area contributed by atoms with E-state index in [0.717, 1.165) is 16.8 Å². The van der Waals surface area contributed by atoms with E-state index >= 15 is 0 Å². The largest absolute Gasteiger partial charge is 0.461 e. The van der Waals surface area contributed by atoms with Gasteiger partial charge in [-0.25, -0.2) is 4.79 Å². The van der Waals surface area contributed by atoms with Gasteiger partial charge in [0.2, 0.25) is 0 Å². The molecule has 0 radical (unpaired) electrons. The Morgan fingerprint density at radius 1 is 1.25 bits per heavy atom. The highest BCUT2D eigenvalue weighted by molar-refractivity contribution is 6.23. The molecule has 0 amide bonds. The normalized spacial score (nSPS) is 17.6. The smallest absolute Gasteiger partial charge is 0.336 e. The SMILES string of the molecule is CC1=C(C(=O)OCCC#N)[C@H](c2cccnc2)C2=C(N1)c1ccccc1C2=O. The molecular weight excluding hydrogens is 354 g/mol. The number of aromatic nitrogens is 1. The number of esters is 1. The molecule has 6 heteroatoms. The third kappa shape index (κ3) is 2.78. The third-order valence-electron chi connectivity index (χ3n) is 4.93. The predicted molar refractivity (Wildman–Crippen MR) is 102 cm³/mol. The predicted octanol–water partition coefficient (Wildman–Crippen LogP) is 3.11. The van der Waals surface area contributed by atoms with Crippen LogP contribution >= 0.6 is 0 Å². The van der Waals surface area contributed by atoms with Gasteiger partial charge in [0, 0.05) is 34.8 Å². The number of benzene rings is 1. The van der Waals surface area contributed by atoms with Crippen LogP contribution in [0.4, 0.5) is 0 Å². The van der Waals surface area contributed by atoms with Gasteiger partial charge in [0.25, 0.3) is 0 Å². The Hall–Kier alpha value is -3.72. The molecule has 0 spiro atoms. The molecule has 1 aliphatic heterocycles. The van der Waals surface area contributed by atoms with Crippen molar-refractivity contribution in [2.45, 2.75) is 19.3 Å². The fraction of sp³-hybridized carbons (Fsp3) is 0.182. The van der Waals surface area contributed by atoms with Crippen LogP contribution in [0.25, 0.3) is 5.70 Å². The van der Waals surface area contributed by atoms with Gasteiger partial charge in [0.15, 0.2) is 5.78 Å². The van der Waals surface area contributed by atoms with E-state index in [4.69, 9.17) is 10.00 Å². The van der Waals surface area contributed by atoms with Crippen molar-refractivity contribution in [2.75, 3.05) is 6.61 Å². The van der Waals surface area contributed by atoms with Crippen molar-refractivity contribution in [1.29, 1.82) is 5.26 Å². The number of nitrogens with one attached hydrogen (secondary N) is 1. The van der Waals surface area contributed by atoms with Crippen molar-refractivity contribution in [1.82, 2.24) is 10.3 Å². The summed E-state index contributed by atoms with van der Waals surface area (Å²) in [5.74, 6) is -1.23. The number of rotatable bonds is 4. The number of allylic oxidation sites excluding steroid dienone is 2. The van der Waals surface area contributed by atoms with Crippen LogP contribution < -0.4 is 5.32 Å². The van der Waals surface area contributed by atoms with E-state index in [1.54, 1.807) is 31.5 Å². The van der Waals surface area contributed by atoms with Crippen molar-refractivity contribution in [3.05, 3.63) is 82.3 Å². The lowest BCUT2D eigenvalue weighted by atomic mass is 9.80.